The molecule has 2 fully saturated rings. The number of Topliss-reactive ketones (excluding diaryl/α,β-unsaturated/α-hetero) is 1. The minimum atomic E-state index is -1.22. The lowest BCUT2D eigenvalue weighted by molar-refractivity contribution is -0.129. The highest BCUT2D eigenvalue weighted by Crippen LogP contribution is 2.62. The van der Waals surface area contributed by atoms with E-state index >= 15 is 4.39 Å². The second-order valence-electron chi connectivity index (χ2n) is 10.3. The molecular weight excluding hydrogens is 450 g/mol. The quantitative estimate of drug-likeness (QED) is 0.600. The summed E-state index contributed by atoms with van der Waals surface area (Å²) in [6.07, 6.45) is 1.08. The Balaban J connectivity index is 1.84. The van der Waals surface area contributed by atoms with Crippen LogP contribution < -0.4 is 5.32 Å². The van der Waals surface area contributed by atoms with Gasteiger partial charge in [-0.3, -0.25) is 14.5 Å². The summed E-state index contributed by atoms with van der Waals surface area (Å²) >= 11 is 12.4. The topological polar surface area (TPSA) is 49.4 Å². The third-order valence-corrected chi connectivity index (χ3v) is 7.61. The van der Waals surface area contributed by atoms with Gasteiger partial charge in [0.1, 0.15) is 17.1 Å². The van der Waals surface area contributed by atoms with E-state index in [0.29, 0.717) is 35.7 Å². The van der Waals surface area contributed by atoms with Gasteiger partial charge in [0.2, 0.25) is 5.91 Å². The minimum absolute atomic E-state index is 0.0105. The summed E-state index contributed by atoms with van der Waals surface area (Å²) in [7, 11) is 0. The van der Waals surface area contributed by atoms with Gasteiger partial charge in [-0.2, -0.15) is 0 Å². The third-order valence-electron chi connectivity index (χ3n) is 7.08. The summed E-state index contributed by atoms with van der Waals surface area (Å²) in [5, 5.41) is 3.49. The standard InChI is InChI=1S/C25H25Cl2FN2O2/c1-24(2,3)12-30-18-9-10-19(31)20(18)21(14-5-4-6-16(27)22(14)28)25(30)15-8-7-13(26)11-17(15)29-23(25)32/h4-8,11,18,20-21H,9-10,12H2,1-3H3,(H,29,32)/t18-,20-,21-,25+/m0/s1. The Bertz CT molecular complexity index is 1150. The number of likely N-dealkylation sites (tertiary alicyclic amines) is 1. The second-order valence-corrected chi connectivity index (χ2v) is 11.2. The van der Waals surface area contributed by atoms with Gasteiger partial charge in [0.15, 0.2) is 0 Å². The lowest BCUT2D eigenvalue weighted by Crippen LogP contribution is -2.54. The number of benzene rings is 2. The third kappa shape index (κ3) is 2.98. The lowest BCUT2D eigenvalue weighted by Gasteiger charge is -2.43. The fourth-order valence-electron chi connectivity index (χ4n) is 6.13. The van der Waals surface area contributed by atoms with Crippen LogP contribution in [-0.2, 0) is 15.1 Å². The summed E-state index contributed by atoms with van der Waals surface area (Å²) in [6.45, 7) is 6.90. The molecule has 2 aliphatic heterocycles. The van der Waals surface area contributed by atoms with Crippen LogP contribution in [-0.4, -0.2) is 29.2 Å². The maximum Gasteiger partial charge on any atom is 0.250 e. The highest BCUT2D eigenvalue weighted by atomic mass is 35.5. The van der Waals surface area contributed by atoms with Crippen molar-refractivity contribution in [1.29, 1.82) is 0 Å². The summed E-state index contributed by atoms with van der Waals surface area (Å²) in [4.78, 5) is 29.3. The number of anilines is 1. The molecule has 0 bridgehead atoms. The molecule has 4 nitrogen and oxygen atoms in total. The molecule has 1 N–H and O–H groups in total. The molecule has 2 heterocycles. The maximum absolute atomic E-state index is 15.5. The number of halogens is 3. The molecule has 5 rings (SSSR count). The van der Waals surface area contributed by atoms with Crippen molar-refractivity contribution in [2.75, 3.05) is 11.9 Å². The highest BCUT2D eigenvalue weighted by Gasteiger charge is 2.69. The van der Waals surface area contributed by atoms with E-state index in [1.54, 1.807) is 24.3 Å². The molecular formula is C25H25Cl2FN2O2. The molecule has 7 heteroatoms. The predicted molar refractivity (Wildman–Crippen MR) is 124 cm³/mol. The molecule has 1 saturated heterocycles. The number of nitrogens with one attached hydrogen (secondary N) is 1. The number of ketones is 1. The first-order valence-electron chi connectivity index (χ1n) is 10.9. The van der Waals surface area contributed by atoms with Crippen LogP contribution >= 0.6 is 23.2 Å². The van der Waals surface area contributed by atoms with Crippen LogP contribution in [0.5, 0.6) is 0 Å². The van der Waals surface area contributed by atoms with E-state index in [-0.39, 0.29) is 28.2 Å². The molecule has 168 valence electrons. The zero-order valence-corrected chi connectivity index (χ0v) is 19.7. The fraction of sp³-hybridized carbons (Fsp3) is 0.440. The first-order chi connectivity index (χ1) is 15.1. The van der Waals surface area contributed by atoms with Crippen molar-refractivity contribution in [2.45, 2.75) is 51.1 Å². The number of rotatable bonds is 2. The van der Waals surface area contributed by atoms with Crippen LogP contribution in [0.3, 0.4) is 0 Å². The monoisotopic (exact) mass is 474 g/mol. The Morgan fingerprint density at radius 1 is 1.19 bits per heavy atom. The van der Waals surface area contributed by atoms with Gasteiger partial charge in [-0.15, -0.1) is 0 Å². The van der Waals surface area contributed by atoms with E-state index in [9.17, 15) is 9.59 Å². The zero-order valence-electron chi connectivity index (χ0n) is 18.2. The summed E-state index contributed by atoms with van der Waals surface area (Å²) in [6, 6.07) is 10.00. The Morgan fingerprint density at radius 2 is 1.94 bits per heavy atom. The number of hydrogen-bond donors (Lipinski definition) is 1. The molecule has 32 heavy (non-hydrogen) atoms. The lowest BCUT2D eigenvalue weighted by atomic mass is 9.70. The van der Waals surface area contributed by atoms with Gasteiger partial charge in [0.25, 0.3) is 0 Å². The number of carbonyl (C=O) groups excluding carboxylic acids is 2. The molecule has 0 radical (unpaired) electrons. The van der Waals surface area contributed by atoms with Crippen molar-refractivity contribution in [3.63, 3.8) is 0 Å². The van der Waals surface area contributed by atoms with E-state index in [4.69, 9.17) is 23.2 Å². The van der Waals surface area contributed by atoms with E-state index in [2.05, 4.69) is 31.0 Å². The molecule has 1 saturated carbocycles. The number of nitrogens with zero attached hydrogens (tertiary/aromatic N) is 1. The summed E-state index contributed by atoms with van der Waals surface area (Å²) < 4.78 is 15.5. The number of carbonyl (C=O) groups is 2. The van der Waals surface area contributed by atoms with Crippen molar-refractivity contribution >= 4 is 40.6 Å². The van der Waals surface area contributed by atoms with Crippen molar-refractivity contribution in [3.05, 3.63) is 63.4 Å². The zero-order chi connectivity index (χ0) is 23.0. The summed E-state index contributed by atoms with van der Waals surface area (Å²) in [5.41, 5.74) is 0.297. The second kappa shape index (κ2) is 7.28. The average molecular weight is 475 g/mol. The molecule has 2 aromatic carbocycles. The molecule has 2 aromatic rings. The van der Waals surface area contributed by atoms with Gasteiger partial charge < -0.3 is 5.32 Å². The van der Waals surface area contributed by atoms with Crippen molar-refractivity contribution in [1.82, 2.24) is 4.90 Å². The number of amides is 1. The van der Waals surface area contributed by atoms with Gasteiger partial charge >= 0.3 is 0 Å². The molecule has 0 aromatic heterocycles. The number of hydrogen-bond acceptors (Lipinski definition) is 3. The van der Waals surface area contributed by atoms with Gasteiger partial charge in [0, 0.05) is 47.1 Å². The Kier molecular flexibility index (Phi) is 4.97. The molecule has 1 aliphatic carbocycles. The van der Waals surface area contributed by atoms with Crippen molar-refractivity contribution in [2.24, 2.45) is 11.3 Å². The van der Waals surface area contributed by atoms with E-state index in [1.807, 2.05) is 6.07 Å². The molecule has 1 amide bonds. The predicted octanol–water partition coefficient (Wildman–Crippen LogP) is 5.77. The van der Waals surface area contributed by atoms with Crippen molar-refractivity contribution < 1.29 is 14.0 Å². The maximum atomic E-state index is 15.5. The number of fused-ring (bicyclic) bond motifs is 3. The van der Waals surface area contributed by atoms with Gasteiger partial charge in [-0.1, -0.05) is 62.2 Å². The minimum Gasteiger partial charge on any atom is -0.324 e. The van der Waals surface area contributed by atoms with Crippen LogP contribution in [0.4, 0.5) is 10.1 Å². The molecule has 3 aliphatic rings. The SMILES string of the molecule is CC(C)(C)CN1[C@H]2CCC(=O)[C@H]2[C@H](c2cccc(Cl)c2F)[C@]12C(=O)Nc1cc(Cl)ccc12. The Morgan fingerprint density at radius 3 is 2.66 bits per heavy atom. The summed E-state index contributed by atoms with van der Waals surface area (Å²) in [5.74, 6) is -1.91. The largest absolute Gasteiger partial charge is 0.324 e. The Labute approximate surface area is 197 Å². The van der Waals surface area contributed by atoms with Crippen molar-refractivity contribution in [3.8, 4) is 0 Å². The van der Waals surface area contributed by atoms with Crippen LogP contribution in [0.1, 0.15) is 50.7 Å². The fourth-order valence-corrected chi connectivity index (χ4v) is 6.48. The van der Waals surface area contributed by atoms with E-state index < -0.39 is 23.2 Å². The molecule has 1 spiro atoms. The van der Waals surface area contributed by atoms with Crippen LogP contribution in [0.25, 0.3) is 0 Å². The molecule has 4 atom stereocenters. The Hall–Kier alpha value is -1.95. The van der Waals surface area contributed by atoms with E-state index in [1.165, 1.54) is 6.07 Å². The normalized spacial score (nSPS) is 29.5. The van der Waals surface area contributed by atoms with Gasteiger partial charge in [-0.05, 0) is 35.6 Å². The van der Waals surface area contributed by atoms with Gasteiger partial charge in [-0.25, -0.2) is 4.39 Å². The van der Waals surface area contributed by atoms with Crippen LogP contribution in [0.15, 0.2) is 36.4 Å². The highest BCUT2D eigenvalue weighted by molar-refractivity contribution is 6.31. The average Bonchev–Trinajstić information content (AvgIpc) is 3.30. The smallest absolute Gasteiger partial charge is 0.250 e. The first-order valence-corrected chi connectivity index (χ1v) is 11.7. The van der Waals surface area contributed by atoms with Crippen LogP contribution in [0, 0.1) is 17.2 Å². The first kappa shape index (κ1) is 21.9. The van der Waals surface area contributed by atoms with Gasteiger partial charge in [0.05, 0.1) is 5.02 Å². The van der Waals surface area contributed by atoms with E-state index in [0.717, 1.165) is 5.56 Å². The molecule has 0 unspecified atom stereocenters. The van der Waals surface area contributed by atoms with Crippen LogP contribution in [0.2, 0.25) is 10.0 Å².